The smallest absolute Gasteiger partial charge is 0.328 e. The first-order valence-corrected chi connectivity index (χ1v) is 7.13. The maximum atomic E-state index is 11.2. The molecule has 1 aromatic rings. The van der Waals surface area contributed by atoms with Gasteiger partial charge in [-0.2, -0.15) is 0 Å². The van der Waals surface area contributed by atoms with Crippen molar-refractivity contribution >= 4 is 11.5 Å². The maximum Gasteiger partial charge on any atom is 0.328 e. The van der Waals surface area contributed by atoms with Crippen LogP contribution in [0.4, 0.5) is 0 Å². The fraction of sp³-hybridized carbons (Fsp3) is 0.471. The van der Waals surface area contributed by atoms with Crippen LogP contribution in [0.1, 0.15) is 42.4 Å². The Balaban J connectivity index is 2.48. The molecule has 0 aliphatic heterocycles. The third-order valence-corrected chi connectivity index (χ3v) is 4.13. The van der Waals surface area contributed by atoms with Crippen LogP contribution in [0.2, 0.25) is 0 Å². The summed E-state index contributed by atoms with van der Waals surface area (Å²) in [6.45, 7) is 4.01. The fourth-order valence-electron chi connectivity index (χ4n) is 3.11. The van der Waals surface area contributed by atoms with Crippen LogP contribution in [0, 0.1) is 19.8 Å². The number of allylic oxidation sites excluding steroid dienone is 1. The van der Waals surface area contributed by atoms with Gasteiger partial charge in [-0.25, -0.2) is 4.79 Å². The molecule has 0 saturated heterocycles. The van der Waals surface area contributed by atoms with Crippen molar-refractivity contribution in [3.8, 4) is 5.75 Å². The standard InChI is InChI=1S/C17H22O3/c1-11-9-16(20-3)12(2)8-14(11)15(10-17(18)19)13-6-4-5-7-13/h8-10,13H,4-7H2,1-3H3,(H,18,19)/b15-10+. The van der Waals surface area contributed by atoms with E-state index in [1.165, 1.54) is 18.9 Å². The highest BCUT2D eigenvalue weighted by molar-refractivity contribution is 5.91. The summed E-state index contributed by atoms with van der Waals surface area (Å²) in [6.07, 6.45) is 5.95. The number of ether oxygens (including phenoxy) is 1. The lowest BCUT2D eigenvalue weighted by Crippen LogP contribution is -2.04. The Morgan fingerprint density at radius 3 is 2.45 bits per heavy atom. The second-order valence-corrected chi connectivity index (χ2v) is 5.56. The number of aryl methyl sites for hydroxylation is 2. The molecule has 1 N–H and O–H groups in total. The summed E-state index contributed by atoms with van der Waals surface area (Å²) in [6, 6.07) is 4.05. The number of aliphatic carboxylic acids is 1. The van der Waals surface area contributed by atoms with Gasteiger partial charge in [0.05, 0.1) is 7.11 Å². The number of carboxylic acid groups (broad SMARTS) is 1. The number of hydrogen-bond donors (Lipinski definition) is 1. The summed E-state index contributed by atoms with van der Waals surface area (Å²) in [4.78, 5) is 11.2. The van der Waals surface area contributed by atoms with Crippen molar-refractivity contribution in [2.45, 2.75) is 39.5 Å². The maximum absolute atomic E-state index is 11.2. The number of carboxylic acids is 1. The van der Waals surface area contributed by atoms with Gasteiger partial charge < -0.3 is 9.84 Å². The van der Waals surface area contributed by atoms with Gasteiger partial charge in [0, 0.05) is 6.08 Å². The van der Waals surface area contributed by atoms with Crippen molar-refractivity contribution in [1.82, 2.24) is 0 Å². The van der Waals surface area contributed by atoms with E-state index in [2.05, 4.69) is 6.07 Å². The van der Waals surface area contributed by atoms with E-state index < -0.39 is 5.97 Å². The van der Waals surface area contributed by atoms with Gasteiger partial charge in [0.2, 0.25) is 0 Å². The zero-order valence-electron chi connectivity index (χ0n) is 12.4. The molecule has 0 bridgehead atoms. The van der Waals surface area contributed by atoms with E-state index in [4.69, 9.17) is 9.84 Å². The van der Waals surface area contributed by atoms with Crippen molar-refractivity contribution in [3.63, 3.8) is 0 Å². The molecule has 0 amide bonds. The number of methoxy groups -OCH3 is 1. The first-order valence-electron chi connectivity index (χ1n) is 7.13. The lowest BCUT2D eigenvalue weighted by Gasteiger charge is -2.18. The van der Waals surface area contributed by atoms with Crippen LogP contribution < -0.4 is 4.74 Å². The summed E-state index contributed by atoms with van der Waals surface area (Å²) in [7, 11) is 1.66. The van der Waals surface area contributed by atoms with Gasteiger partial charge >= 0.3 is 5.97 Å². The Kier molecular flexibility index (Phi) is 4.48. The summed E-state index contributed by atoms with van der Waals surface area (Å²) >= 11 is 0. The normalized spacial score (nSPS) is 16.4. The Hall–Kier alpha value is -1.77. The van der Waals surface area contributed by atoms with Crippen LogP contribution in [0.25, 0.3) is 5.57 Å². The van der Waals surface area contributed by atoms with E-state index in [9.17, 15) is 4.79 Å². The third kappa shape index (κ3) is 3.03. The highest BCUT2D eigenvalue weighted by atomic mass is 16.5. The molecular weight excluding hydrogens is 252 g/mol. The zero-order chi connectivity index (χ0) is 14.7. The van der Waals surface area contributed by atoms with Gasteiger partial charge in [0.15, 0.2) is 0 Å². The molecule has 0 heterocycles. The molecule has 0 radical (unpaired) electrons. The molecular formula is C17H22O3. The fourth-order valence-corrected chi connectivity index (χ4v) is 3.11. The number of rotatable bonds is 4. The SMILES string of the molecule is COc1cc(C)c(/C(=C/C(=O)O)C2CCCC2)cc1C. The first-order chi connectivity index (χ1) is 9.52. The van der Waals surface area contributed by atoms with Crippen LogP contribution in [-0.2, 0) is 4.79 Å². The van der Waals surface area contributed by atoms with Crippen LogP contribution in [0.5, 0.6) is 5.75 Å². The minimum Gasteiger partial charge on any atom is -0.496 e. The molecule has 0 aromatic heterocycles. The predicted octanol–water partition coefficient (Wildman–Crippen LogP) is 3.97. The van der Waals surface area contributed by atoms with Gasteiger partial charge in [-0.1, -0.05) is 12.8 Å². The van der Waals surface area contributed by atoms with Gasteiger partial charge in [0.25, 0.3) is 0 Å². The van der Waals surface area contributed by atoms with Crippen molar-refractivity contribution < 1.29 is 14.6 Å². The van der Waals surface area contributed by atoms with Crippen LogP contribution in [0.3, 0.4) is 0 Å². The van der Waals surface area contributed by atoms with Crippen LogP contribution >= 0.6 is 0 Å². The van der Waals surface area contributed by atoms with Gasteiger partial charge in [0.1, 0.15) is 5.75 Å². The van der Waals surface area contributed by atoms with Crippen molar-refractivity contribution in [2.75, 3.05) is 7.11 Å². The number of benzene rings is 1. The van der Waals surface area contributed by atoms with Gasteiger partial charge in [-0.3, -0.25) is 0 Å². The number of carbonyl (C=O) groups is 1. The second kappa shape index (κ2) is 6.12. The van der Waals surface area contributed by atoms with Crippen molar-refractivity contribution in [3.05, 3.63) is 34.9 Å². The Morgan fingerprint density at radius 2 is 1.90 bits per heavy atom. The van der Waals surface area contributed by atoms with Gasteiger partial charge in [-0.05, 0) is 67.0 Å². The van der Waals surface area contributed by atoms with E-state index >= 15 is 0 Å². The Bertz CT molecular complexity index is 537. The monoisotopic (exact) mass is 274 g/mol. The number of hydrogen-bond acceptors (Lipinski definition) is 2. The lowest BCUT2D eigenvalue weighted by molar-refractivity contribution is -0.131. The zero-order valence-corrected chi connectivity index (χ0v) is 12.4. The summed E-state index contributed by atoms with van der Waals surface area (Å²) in [5.74, 6) is 0.365. The Labute approximate surface area is 120 Å². The summed E-state index contributed by atoms with van der Waals surface area (Å²) in [5, 5.41) is 9.17. The average molecular weight is 274 g/mol. The summed E-state index contributed by atoms with van der Waals surface area (Å²) in [5.41, 5.74) is 4.14. The average Bonchev–Trinajstić information content (AvgIpc) is 2.92. The van der Waals surface area contributed by atoms with E-state index in [0.29, 0.717) is 5.92 Å². The first kappa shape index (κ1) is 14.6. The topological polar surface area (TPSA) is 46.5 Å². The van der Waals surface area contributed by atoms with Gasteiger partial charge in [-0.15, -0.1) is 0 Å². The molecule has 3 heteroatoms. The second-order valence-electron chi connectivity index (χ2n) is 5.56. The largest absolute Gasteiger partial charge is 0.496 e. The van der Waals surface area contributed by atoms with Crippen molar-refractivity contribution in [1.29, 1.82) is 0 Å². The van der Waals surface area contributed by atoms with Crippen LogP contribution in [0.15, 0.2) is 18.2 Å². The minimum atomic E-state index is -0.861. The molecule has 2 rings (SSSR count). The molecule has 1 aliphatic carbocycles. The minimum absolute atomic E-state index is 0.373. The van der Waals surface area contributed by atoms with Crippen molar-refractivity contribution in [2.24, 2.45) is 5.92 Å². The highest BCUT2D eigenvalue weighted by Gasteiger charge is 2.23. The van der Waals surface area contributed by atoms with E-state index in [1.54, 1.807) is 7.11 Å². The van der Waals surface area contributed by atoms with E-state index in [1.807, 2.05) is 19.9 Å². The van der Waals surface area contributed by atoms with E-state index in [0.717, 1.165) is 40.9 Å². The molecule has 3 nitrogen and oxygen atoms in total. The molecule has 1 aromatic carbocycles. The van der Waals surface area contributed by atoms with E-state index in [-0.39, 0.29) is 0 Å². The molecule has 1 aliphatic rings. The molecule has 1 saturated carbocycles. The molecule has 0 atom stereocenters. The summed E-state index contributed by atoms with van der Waals surface area (Å²) < 4.78 is 5.33. The quantitative estimate of drug-likeness (QED) is 0.845. The predicted molar refractivity (Wildman–Crippen MR) is 80.0 cm³/mol. The molecule has 0 unspecified atom stereocenters. The molecule has 0 spiro atoms. The van der Waals surface area contributed by atoms with Crippen LogP contribution in [-0.4, -0.2) is 18.2 Å². The Morgan fingerprint density at radius 1 is 1.25 bits per heavy atom. The molecule has 20 heavy (non-hydrogen) atoms. The molecule has 1 fully saturated rings. The third-order valence-electron chi connectivity index (χ3n) is 4.13. The lowest BCUT2D eigenvalue weighted by atomic mass is 9.87. The molecule has 108 valence electrons. The highest BCUT2D eigenvalue weighted by Crippen LogP contribution is 2.39.